The van der Waals surface area contributed by atoms with Crippen LogP contribution in [0.15, 0.2) is 18.2 Å². The van der Waals surface area contributed by atoms with Gasteiger partial charge in [0.25, 0.3) is 0 Å². The summed E-state index contributed by atoms with van der Waals surface area (Å²) in [7, 11) is 4.15. The van der Waals surface area contributed by atoms with Gasteiger partial charge in [0, 0.05) is 5.56 Å². The van der Waals surface area contributed by atoms with E-state index in [-0.39, 0.29) is 5.92 Å². The molecule has 7 heteroatoms. The van der Waals surface area contributed by atoms with Crippen molar-refractivity contribution >= 4 is 11.9 Å². The van der Waals surface area contributed by atoms with Gasteiger partial charge in [0.1, 0.15) is 5.75 Å². The summed E-state index contributed by atoms with van der Waals surface area (Å²) in [5.41, 5.74) is 0.544. The van der Waals surface area contributed by atoms with Crippen molar-refractivity contribution in [1.82, 2.24) is 0 Å². The van der Waals surface area contributed by atoms with Crippen LogP contribution in [0.25, 0.3) is 0 Å². The van der Waals surface area contributed by atoms with Gasteiger partial charge in [-0.15, -0.1) is 0 Å². The van der Waals surface area contributed by atoms with Crippen LogP contribution in [-0.4, -0.2) is 46.5 Å². The van der Waals surface area contributed by atoms with Crippen molar-refractivity contribution in [2.24, 2.45) is 11.3 Å². The van der Waals surface area contributed by atoms with Gasteiger partial charge in [-0.25, -0.2) is 0 Å². The van der Waals surface area contributed by atoms with Crippen LogP contribution in [0.4, 0.5) is 0 Å². The van der Waals surface area contributed by atoms with E-state index in [2.05, 4.69) is 0 Å². The van der Waals surface area contributed by atoms with E-state index in [0.29, 0.717) is 31.8 Å². The molecular formula is C19H24O7. The van der Waals surface area contributed by atoms with E-state index in [1.165, 1.54) is 14.2 Å². The van der Waals surface area contributed by atoms with Crippen LogP contribution in [-0.2, 0) is 40.7 Å². The molecule has 0 spiro atoms. The second-order valence-electron chi connectivity index (χ2n) is 6.73. The Morgan fingerprint density at radius 3 is 2.27 bits per heavy atom. The number of carbonyl (C=O) groups is 2. The lowest BCUT2D eigenvalue weighted by molar-refractivity contribution is -0.162. The average Bonchev–Trinajstić information content (AvgIpc) is 3.21. The first-order valence-corrected chi connectivity index (χ1v) is 8.53. The summed E-state index contributed by atoms with van der Waals surface area (Å²) in [5.74, 6) is -1.49. The SMILES string of the molecule is COC(=O)C1(C(=O)OC)CC1Cc1cc(OC)ccc1C1(C)OCCO1. The number of rotatable bonds is 6. The lowest BCUT2D eigenvalue weighted by Gasteiger charge is -2.26. The summed E-state index contributed by atoms with van der Waals surface area (Å²) in [6.45, 7) is 2.89. The maximum atomic E-state index is 12.2. The normalized spacial score (nSPS) is 22.5. The fourth-order valence-electron chi connectivity index (χ4n) is 3.77. The molecule has 1 aromatic rings. The van der Waals surface area contributed by atoms with E-state index in [4.69, 9.17) is 23.7 Å². The topological polar surface area (TPSA) is 80.3 Å². The predicted octanol–water partition coefficient (Wildman–Crippen LogP) is 1.81. The number of ether oxygens (including phenoxy) is 5. The van der Waals surface area contributed by atoms with Gasteiger partial charge in [-0.1, -0.05) is 0 Å². The maximum Gasteiger partial charge on any atom is 0.323 e. The predicted molar refractivity (Wildman–Crippen MR) is 90.5 cm³/mol. The minimum absolute atomic E-state index is 0.210. The van der Waals surface area contributed by atoms with Crippen molar-refractivity contribution in [3.05, 3.63) is 29.3 Å². The van der Waals surface area contributed by atoms with Crippen molar-refractivity contribution in [3.63, 3.8) is 0 Å². The van der Waals surface area contributed by atoms with Gasteiger partial charge in [-0.05, 0) is 49.4 Å². The summed E-state index contributed by atoms with van der Waals surface area (Å²) in [5, 5.41) is 0. The first-order chi connectivity index (χ1) is 12.4. The molecule has 2 fully saturated rings. The van der Waals surface area contributed by atoms with Gasteiger partial charge in [0.05, 0.1) is 34.5 Å². The highest BCUT2D eigenvalue weighted by molar-refractivity contribution is 6.03. The van der Waals surface area contributed by atoms with Crippen LogP contribution in [0.1, 0.15) is 24.5 Å². The van der Waals surface area contributed by atoms with Crippen LogP contribution < -0.4 is 4.74 Å². The molecule has 1 aliphatic heterocycles. The molecule has 1 atom stereocenters. The van der Waals surface area contributed by atoms with E-state index in [9.17, 15) is 9.59 Å². The molecule has 7 nitrogen and oxygen atoms in total. The lowest BCUT2D eigenvalue weighted by Crippen LogP contribution is -2.31. The van der Waals surface area contributed by atoms with Gasteiger partial charge in [-0.2, -0.15) is 0 Å². The molecule has 26 heavy (non-hydrogen) atoms. The molecule has 1 unspecified atom stereocenters. The highest BCUT2D eigenvalue weighted by Gasteiger charge is 2.67. The zero-order chi connectivity index (χ0) is 18.9. The van der Waals surface area contributed by atoms with E-state index in [1.54, 1.807) is 7.11 Å². The average molecular weight is 364 g/mol. The maximum absolute atomic E-state index is 12.2. The molecule has 3 rings (SSSR count). The zero-order valence-corrected chi connectivity index (χ0v) is 15.5. The molecule has 0 bridgehead atoms. The van der Waals surface area contributed by atoms with Crippen LogP contribution in [0.2, 0.25) is 0 Å². The first-order valence-electron chi connectivity index (χ1n) is 8.53. The largest absolute Gasteiger partial charge is 0.497 e. The molecule has 1 heterocycles. The quantitative estimate of drug-likeness (QED) is 0.562. The third-order valence-corrected chi connectivity index (χ3v) is 5.31. The van der Waals surface area contributed by atoms with Crippen LogP contribution >= 0.6 is 0 Å². The second-order valence-corrected chi connectivity index (χ2v) is 6.73. The van der Waals surface area contributed by atoms with E-state index >= 15 is 0 Å². The minimum atomic E-state index is -1.23. The van der Waals surface area contributed by atoms with Crippen LogP contribution in [0.3, 0.4) is 0 Å². The Morgan fingerprint density at radius 2 is 1.73 bits per heavy atom. The fourth-order valence-corrected chi connectivity index (χ4v) is 3.77. The Kier molecular flexibility index (Phi) is 4.94. The molecule has 0 amide bonds. The van der Waals surface area contributed by atoms with Crippen molar-refractivity contribution < 1.29 is 33.3 Å². The molecule has 1 saturated heterocycles. The number of esters is 2. The summed E-state index contributed by atoms with van der Waals surface area (Å²) in [6.07, 6.45) is 0.875. The Bertz CT molecular complexity index is 690. The lowest BCUT2D eigenvalue weighted by atomic mass is 9.93. The van der Waals surface area contributed by atoms with Gasteiger partial charge in [0.15, 0.2) is 11.2 Å². The molecule has 1 aliphatic carbocycles. The summed E-state index contributed by atoms with van der Waals surface area (Å²) >= 11 is 0. The van der Waals surface area contributed by atoms with Gasteiger partial charge in [-0.3, -0.25) is 9.59 Å². The molecule has 0 radical (unpaired) electrons. The van der Waals surface area contributed by atoms with E-state index in [0.717, 1.165) is 11.1 Å². The van der Waals surface area contributed by atoms with Crippen molar-refractivity contribution in [2.75, 3.05) is 34.5 Å². The molecule has 1 saturated carbocycles. The standard InChI is InChI=1S/C19H24O7/c1-18(25-7-8-26-18)15-6-5-14(22-2)10-12(15)9-13-11-19(13,16(20)23-3)17(21)24-4/h5-6,10,13H,7-9,11H2,1-4H3. The fraction of sp³-hybridized carbons (Fsp3) is 0.579. The molecule has 1 aromatic carbocycles. The summed E-state index contributed by atoms with van der Waals surface area (Å²) < 4.78 is 26.6. The first kappa shape index (κ1) is 18.7. The monoisotopic (exact) mass is 364 g/mol. The summed E-state index contributed by atoms with van der Waals surface area (Å²) in [6, 6.07) is 5.64. The van der Waals surface area contributed by atoms with Crippen LogP contribution in [0.5, 0.6) is 5.75 Å². The molecule has 0 N–H and O–H groups in total. The zero-order valence-electron chi connectivity index (χ0n) is 15.5. The number of benzene rings is 1. The second kappa shape index (κ2) is 6.89. The Balaban J connectivity index is 1.92. The molecular weight excluding hydrogens is 340 g/mol. The smallest absolute Gasteiger partial charge is 0.323 e. The summed E-state index contributed by atoms with van der Waals surface area (Å²) in [4.78, 5) is 24.5. The van der Waals surface area contributed by atoms with Crippen molar-refractivity contribution in [3.8, 4) is 5.75 Å². The Morgan fingerprint density at radius 1 is 1.12 bits per heavy atom. The molecule has 0 aromatic heterocycles. The highest BCUT2D eigenvalue weighted by Crippen LogP contribution is 2.56. The van der Waals surface area contributed by atoms with E-state index in [1.807, 2.05) is 25.1 Å². The third-order valence-electron chi connectivity index (χ3n) is 5.31. The van der Waals surface area contributed by atoms with Crippen molar-refractivity contribution in [1.29, 1.82) is 0 Å². The molecule has 142 valence electrons. The third kappa shape index (κ3) is 2.95. The van der Waals surface area contributed by atoms with Crippen molar-refractivity contribution in [2.45, 2.75) is 25.6 Å². The van der Waals surface area contributed by atoms with Gasteiger partial charge in [0.2, 0.25) is 0 Å². The Hall–Kier alpha value is -2.12. The number of hydrogen-bond donors (Lipinski definition) is 0. The number of carbonyl (C=O) groups excluding carboxylic acids is 2. The Labute approximate surface area is 152 Å². The number of hydrogen-bond acceptors (Lipinski definition) is 7. The van der Waals surface area contributed by atoms with Crippen LogP contribution in [0, 0.1) is 11.3 Å². The van der Waals surface area contributed by atoms with Gasteiger partial charge >= 0.3 is 11.9 Å². The van der Waals surface area contributed by atoms with E-state index < -0.39 is 23.1 Å². The van der Waals surface area contributed by atoms with Gasteiger partial charge < -0.3 is 23.7 Å². The molecule has 2 aliphatic rings. The highest BCUT2D eigenvalue weighted by atomic mass is 16.7. The number of methoxy groups -OCH3 is 3. The minimum Gasteiger partial charge on any atom is -0.497 e.